The number of nitro benzene ring substituents is 1. The number of halogens is 1. The monoisotopic (exact) mass is 324 g/mol. The van der Waals surface area contributed by atoms with E-state index in [1.54, 1.807) is 12.1 Å². The molecule has 1 saturated carbocycles. The Bertz CT molecular complexity index is 535. The van der Waals surface area contributed by atoms with E-state index in [0.29, 0.717) is 18.4 Å². The Labute approximate surface area is 119 Å². The SMILES string of the molecule is N#CCC1(COc2ccc(CBr)cc2[N+](=O)[O-])CC1. The Hall–Kier alpha value is -1.61. The molecule has 0 bridgehead atoms. The van der Waals surface area contributed by atoms with Crippen molar-refractivity contribution in [3.8, 4) is 11.8 Å². The zero-order valence-corrected chi connectivity index (χ0v) is 11.9. The number of rotatable bonds is 6. The number of hydrogen-bond donors (Lipinski definition) is 0. The molecular weight excluding hydrogens is 312 g/mol. The minimum absolute atomic E-state index is 0.0234. The number of ether oxygens (including phenoxy) is 1. The van der Waals surface area contributed by atoms with Crippen LogP contribution in [0.4, 0.5) is 5.69 Å². The van der Waals surface area contributed by atoms with Gasteiger partial charge in [-0.3, -0.25) is 10.1 Å². The standard InChI is InChI=1S/C13H13BrN2O3/c14-8-10-1-2-12(11(7-10)16(17)18)19-9-13(3-4-13)5-6-15/h1-2,7H,3-5,8-9H2. The molecule has 0 atom stereocenters. The van der Waals surface area contributed by atoms with Crippen LogP contribution in [0.3, 0.4) is 0 Å². The van der Waals surface area contributed by atoms with E-state index in [4.69, 9.17) is 10.00 Å². The molecule has 1 aromatic carbocycles. The molecule has 5 nitrogen and oxygen atoms in total. The van der Waals surface area contributed by atoms with E-state index in [-0.39, 0.29) is 16.9 Å². The fraction of sp³-hybridized carbons (Fsp3) is 0.462. The quantitative estimate of drug-likeness (QED) is 0.455. The molecule has 0 unspecified atom stereocenters. The minimum Gasteiger partial charge on any atom is -0.486 e. The van der Waals surface area contributed by atoms with Gasteiger partial charge in [0.2, 0.25) is 0 Å². The first-order chi connectivity index (χ1) is 9.10. The number of alkyl halides is 1. The molecule has 0 radical (unpaired) electrons. The molecule has 2 rings (SSSR count). The van der Waals surface area contributed by atoms with Crippen LogP contribution in [0.25, 0.3) is 0 Å². The van der Waals surface area contributed by atoms with Gasteiger partial charge in [-0.1, -0.05) is 22.0 Å². The summed E-state index contributed by atoms with van der Waals surface area (Å²) in [5.74, 6) is 0.277. The third kappa shape index (κ3) is 3.24. The fourth-order valence-electron chi connectivity index (χ4n) is 1.86. The van der Waals surface area contributed by atoms with E-state index < -0.39 is 4.92 Å². The van der Waals surface area contributed by atoms with Crippen molar-refractivity contribution in [3.63, 3.8) is 0 Å². The van der Waals surface area contributed by atoms with Gasteiger partial charge < -0.3 is 4.74 Å². The Morgan fingerprint density at radius 2 is 2.26 bits per heavy atom. The summed E-state index contributed by atoms with van der Waals surface area (Å²) in [5.41, 5.74) is 0.721. The van der Waals surface area contributed by atoms with Gasteiger partial charge in [-0.25, -0.2) is 0 Å². The van der Waals surface area contributed by atoms with E-state index in [1.165, 1.54) is 6.07 Å². The van der Waals surface area contributed by atoms with E-state index >= 15 is 0 Å². The summed E-state index contributed by atoms with van der Waals surface area (Å²) >= 11 is 3.27. The summed E-state index contributed by atoms with van der Waals surface area (Å²) in [4.78, 5) is 10.6. The van der Waals surface area contributed by atoms with Gasteiger partial charge in [-0.2, -0.15) is 5.26 Å². The highest BCUT2D eigenvalue weighted by Gasteiger charge is 2.43. The van der Waals surface area contributed by atoms with Crippen LogP contribution < -0.4 is 4.74 Å². The second kappa shape index (κ2) is 5.57. The Kier molecular flexibility index (Phi) is 4.05. The highest BCUT2D eigenvalue weighted by molar-refractivity contribution is 9.08. The lowest BCUT2D eigenvalue weighted by Crippen LogP contribution is -2.13. The second-order valence-corrected chi connectivity index (χ2v) is 5.38. The average molecular weight is 325 g/mol. The molecule has 0 aliphatic heterocycles. The maximum atomic E-state index is 11.0. The number of nitro groups is 1. The summed E-state index contributed by atoms with van der Waals surface area (Å²) in [6.45, 7) is 0.370. The van der Waals surface area contributed by atoms with Crippen LogP contribution in [0.15, 0.2) is 18.2 Å². The van der Waals surface area contributed by atoms with Crippen LogP contribution in [0.2, 0.25) is 0 Å². The van der Waals surface area contributed by atoms with Crippen molar-refractivity contribution in [1.29, 1.82) is 5.26 Å². The smallest absolute Gasteiger partial charge is 0.311 e. The predicted octanol–water partition coefficient (Wildman–Crippen LogP) is 3.56. The van der Waals surface area contributed by atoms with Crippen molar-refractivity contribution in [2.45, 2.75) is 24.6 Å². The normalized spacial score (nSPS) is 15.6. The van der Waals surface area contributed by atoms with Gasteiger partial charge in [0.05, 0.1) is 17.6 Å². The first-order valence-corrected chi connectivity index (χ1v) is 7.05. The molecule has 0 heterocycles. The third-order valence-electron chi connectivity index (χ3n) is 3.32. The van der Waals surface area contributed by atoms with Crippen molar-refractivity contribution in [2.75, 3.05) is 6.61 Å². The molecule has 1 aliphatic carbocycles. The number of nitrogens with zero attached hydrogens (tertiary/aromatic N) is 2. The van der Waals surface area contributed by atoms with E-state index in [2.05, 4.69) is 22.0 Å². The molecule has 1 aliphatic rings. The summed E-state index contributed by atoms with van der Waals surface area (Å²) in [6, 6.07) is 7.06. The minimum atomic E-state index is -0.439. The Morgan fingerprint density at radius 1 is 1.53 bits per heavy atom. The molecule has 0 N–H and O–H groups in total. The van der Waals surface area contributed by atoms with Gasteiger partial charge >= 0.3 is 5.69 Å². The van der Waals surface area contributed by atoms with E-state index in [1.807, 2.05) is 0 Å². The van der Waals surface area contributed by atoms with Crippen LogP contribution >= 0.6 is 15.9 Å². The Morgan fingerprint density at radius 3 is 2.79 bits per heavy atom. The molecule has 19 heavy (non-hydrogen) atoms. The predicted molar refractivity (Wildman–Crippen MR) is 73.1 cm³/mol. The first-order valence-electron chi connectivity index (χ1n) is 5.93. The molecule has 0 aromatic heterocycles. The lowest BCUT2D eigenvalue weighted by Gasteiger charge is -2.13. The van der Waals surface area contributed by atoms with Crippen LogP contribution in [0, 0.1) is 26.9 Å². The summed E-state index contributed by atoms with van der Waals surface area (Å²) in [6.07, 6.45) is 2.35. The molecule has 100 valence electrons. The molecule has 6 heteroatoms. The maximum Gasteiger partial charge on any atom is 0.311 e. The van der Waals surface area contributed by atoms with Gasteiger partial charge in [-0.05, 0) is 24.5 Å². The lowest BCUT2D eigenvalue weighted by atomic mass is 10.1. The van der Waals surface area contributed by atoms with E-state index in [9.17, 15) is 10.1 Å². The molecular formula is C13H13BrN2O3. The number of nitriles is 1. The molecule has 1 aromatic rings. The summed E-state index contributed by atoms with van der Waals surface area (Å²) < 4.78 is 5.57. The maximum absolute atomic E-state index is 11.0. The second-order valence-electron chi connectivity index (χ2n) is 4.82. The largest absolute Gasteiger partial charge is 0.486 e. The third-order valence-corrected chi connectivity index (χ3v) is 3.97. The van der Waals surface area contributed by atoms with Gasteiger partial charge in [0, 0.05) is 23.2 Å². The average Bonchev–Trinajstić information content (AvgIpc) is 3.17. The first kappa shape index (κ1) is 13.8. The van der Waals surface area contributed by atoms with Crippen LogP contribution in [0.5, 0.6) is 5.75 Å². The van der Waals surface area contributed by atoms with Gasteiger partial charge in [0.1, 0.15) is 0 Å². The highest BCUT2D eigenvalue weighted by atomic mass is 79.9. The zero-order valence-electron chi connectivity index (χ0n) is 10.3. The summed E-state index contributed by atoms with van der Waals surface area (Å²) in [5, 5.41) is 20.3. The van der Waals surface area contributed by atoms with Gasteiger partial charge in [0.15, 0.2) is 5.75 Å². The van der Waals surface area contributed by atoms with Crippen LogP contribution in [0.1, 0.15) is 24.8 Å². The molecule has 1 fully saturated rings. The number of hydrogen-bond acceptors (Lipinski definition) is 4. The van der Waals surface area contributed by atoms with Crippen molar-refractivity contribution in [1.82, 2.24) is 0 Å². The van der Waals surface area contributed by atoms with Crippen molar-refractivity contribution in [3.05, 3.63) is 33.9 Å². The van der Waals surface area contributed by atoms with Crippen molar-refractivity contribution < 1.29 is 9.66 Å². The lowest BCUT2D eigenvalue weighted by molar-refractivity contribution is -0.386. The van der Waals surface area contributed by atoms with Crippen LogP contribution in [-0.2, 0) is 5.33 Å². The topological polar surface area (TPSA) is 76.2 Å². The van der Waals surface area contributed by atoms with Gasteiger partial charge in [0.25, 0.3) is 0 Å². The van der Waals surface area contributed by atoms with E-state index in [0.717, 1.165) is 18.4 Å². The molecule has 0 saturated heterocycles. The van der Waals surface area contributed by atoms with Gasteiger partial charge in [-0.15, -0.1) is 0 Å². The zero-order chi connectivity index (χ0) is 13.9. The van der Waals surface area contributed by atoms with Crippen molar-refractivity contribution >= 4 is 21.6 Å². The fourth-order valence-corrected chi connectivity index (χ4v) is 2.21. The molecule has 0 amide bonds. The van der Waals surface area contributed by atoms with Crippen molar-refractivity contribution in [2.24, 2.45) is 5.41 Å². The number of benzene rings is 1. The molecule has 0 spiro atoms. The Balaban J connectivity index is 2.12. The summed E-state index contributed by atoms with van der Waals surface area (Å²) in [7, 11) is 0. The van der Waals surface area contributed by atoms with Crippen LogP contribution in [-0.4, -0.2) is 11.5 Å². The highest BCUT2D eigenvalue weighted by Crippen LogP contribution is 2.49.